The molecule has 2 aromatic rings. The molecule has 1 fully saturated rings. The number of rotatable bonds is 5. The van der Waals surface area contributed by atoms with Crippen molar-refractivity contribution in [1.29, 1.82) is 0 Å². The highest BCUT2D eigenvalue weighted by molar-refractivity contribution is 5.97. The number of amides is 1. The summed E-state index contributed by atoms with van der Waals surface area (Å²) in [7, 11) is 1.36. The fourth-order valence-corrected chi connectivity index (χ4v) is 2.92. The van der Waals surface area contributed by atoms with Gasteiger partial charge in [-0.15, -0.1) is 0 Å². The summed E-state index contributed by atoms with van der Waals surface area (Å²) in [6.07, 6.45) is 0.402. The van der Waals surface area contributed by atoms with E-state index in [-0.39, 0.29) is 31.1 Å². The molecule has 1 aliphatic rings. The van der Waals surface area contributed by atoms with Crippen LogP contribution in [0.25, 0.3) is 0 Å². The van der Waals surface area contributed by atoms with Crippen LogP contribution in [0.4, 0.5) is 0 Å². The number of benzene rings is 1. The van der Waals surface area contributed by atoms with Gasteiger partial charge in [-0.05, 0) is 19.1 Å². The maximum atomic E-state index is 12.6. The van der Waals surface area contributed by atoms with Crippen LogP contribution < -0.4 is 14.8 Å². The van der Waals surface area contributed by atoms with Crippen LogP contribution in [-0.2, 0) is 14.3 Å². The smallest absolute Gasteiger partial charge is 0.329 e. The van der Waals surface area contributed by atoms with Gasteiger partial charge in [0.1, 0.15) is 17.9 Å². The number of hydrogen-bond acceptors (Lipinski definition) is 8. The molecule has 160 valence electrons. The Morgan fingerprint density at radius 1 is 1.27 bits per heavy atom. The minimum Gasteiger partial charge on any atom is -0.503 e. The first-order valence-corrected chi connectivity index (χ1v) is 9.52. The number of nitrogens with one attached hydrogen (secondary N) is 1. The van der Waals surface area contributed by atoms with Crippen LogP contribution >= 0.6 is 0 Å². The molecule has 0 bridgehead atoms. The van der Waals surface area contributed by atoms with E-state index < -0.39 is 35.9 Å². The molecule has 9 nitrogen and oxygen atoms in total. The molecule has 0 aliphatic carbocycles. The number of carbonyl (C=O) groups excluding carboxylic acids is 2. The predicted octanol–water partition coefficient (Wildman–Crippen LogP) is 1.69. The van der Waals surface area contributed by atoms with E-state index in [9.17, 15) is 14.7 Å². The molecule has 1 aliphatic heterocycles. The normalized spacial score (nSPS) is 22.1. The summed E-state index contributed by atoms with van der Waals surface area (Å²) in [5.41, 5.74) is -0.249. The van der Waals surface area contributed by atoms with Gasteiger partial charge in [0, 0.05) is 25.3 Å². The molecule has 30 heavy (non-hydrogen) atoms. The van der Waals surface area contributed by atoms with E-state index in [1.54, 1.807) is 19.1 Å². The van der Waals surface area contributed by atoms with Gasteiger partial charge in [0.25, 0.3) is 5.91 Å². The fourth-order valence-electron chi connectivity index (χ4n) is 2.92. The van der Waals surface area contributed by atoms with E-state index in [0.717, 1.165) is 0 Å². The minimum absolute atomic E-state index is 0.102. The summed E-state index contributed by atoms with van der Waals surface area (Å²) >= 11 is 0. The van der Waals surface area contributed by atoms with Gasteiger partial charge in [-0.2, -0.15) is 0 Å². The molecule has 0 spiro atoms. The van der Waals surface area contributed by atoms with Crippen LogP contribution in [0.15, 0.2) is 42.6 Å². The lowest BCUT2D eigenvalue weighted by Gasteiger charge is -2.25. The number of ether oxygens (including phenoxy) is 4. The van der Waals surface area contributed by atoms with Gasteiger partial charge in [0.15, 0.2) is 23.3 Å². The van der Waals surface area contributed by atoms with Gasteiger partial charge >= 0.3 is 5.97 Å². The molecule has 2 heterocycles. The number of para-hydroxylation sites is 1. The van der Waals surface area contributed by atoms with Gasteiger partial charge in [0.2, 0.25) is 0 Å². The molecule has 3 rings (SSSR count). The molecule has 1 aromatic carbocycles. The summed E-state index contributed by atoms with van der Waals surface area (Å²) in [5.74, 6) is -1.01. The van der Waals surface area contributed by atoms with Crippen molar-refractivity contribution in [3.8, 4) is 17.2 Å². The molecule has 0 unspecified atom stereocenters. The zero-order chi connectivity index (χ0) is 21.5. The second kappa shape index (κ2) is 9.93. The SMILES string of the molecule is COc1ccnc(C(=O)N[C@H]2CCOC[C@@H](Oc3ccccc3)[C@H](C)OC2=O)c1O. The average molecular weight is 416 g/mol. The van der Waals surface area contributed by atoms with Crippen LogP contribution in [0.1, 0.15) is 23.8 Å². The number of methoxy groups -OCH3 is 1. The molecule has 2 N–H and O–H groups in total. The highest BCUT2D eigenvalue weighted by atomic mass is 16.6. The topological polar surface area (TPSA) is 116 Å². The lowest BCUT2D eigenvalue weighted by atomic mass is 10.2. The van der Waals surface area contributed by atoms with Gasteiger partial charge in [0.05, 0.1) is 13.7 Å². The standard InChI is InChI=1S/C21H24N2O7/c1-13-17(30-14-6-4-3-5-7-14)12-28-11-9-15(21(26)29-13)23-20(25)18-19(24)16(27-2)8-10-22-18/h3-8,10,13,15,17,24H,9,11-12H2,1-2H3,(H,23,25)/t13-,15-,17+/m0/s1. The predicted molar refractivity (Wildman–Crippen MR) is 106 cm³/mol. The highest BCUT2D eigenvalue weighted by Gasteiger charge is 2.31. The number of carbonyl (C=O) groups is 2. The summed E-state index contributed by atoms with van der Waals surface area (Å²) < 4.78 is 22.0. The molecule has 1 aromatic heterocycles. The van der Waals surface area contributed by atoms with Crippen LogP contribution in [0.5, 0.6) is 17.2 Å². The van der Waals surface area contributed by atoms with Gasteiger partial charge in [-0.1, -0.05) is 18.2 Å². The Labute approximate surface area is 173 Å². The molecule has 1 saturated heterocycles. The van der Waals surface area contributed by atoms with Crippen molar-refractivity contribution in [3.05, 3.63) is 48.3 Å². The third kappa shape index (κ3) is 5.18. The Morgan fingerprint density at radius 2 is 2.03 bits per heavy atom. The molecule has 1 amide bonds. The molecule has 9 heteroatoms. The summed E-state index contributed by atoms with van der Waals surface area (Å²) in [5, 5.41) is 12.7. The van der Waals surface area contributed by atoms with Crippen molar-refractivity contribution in [2.24, 2.45) is 0 Å². The first-order chi connectivity index (χ1) is 14.5. The molecule has 0 radical (unpaired) electrons. The van der Waals surface area contributed by atoms with Gasteiger partial charge < -0.3 is 29.4 Å². The largest absolute Gasteiger partial charge is 0.503 e. The Bertz CT molecular complexity index is 875. The highest BCUT2D eigenvalue weighted by Crippen LogP contribution is 2.27. The second-order valence-electron chi connectivity index (χ2n) is 6.71. The monoisotopic (exact) mass is 416 g/mol. The maximum absolute atomic E-state index is 12.6. The Balaban J connectivity index is 1.68. The molecule has 3 atom stereocenters. The van der Waals surface area contributed by atoms with Crippen molar-refractivity contribution in [1.82, 2.24) is 10.3 Å². The van der Waals surface area contributed by atoms with E-state index in [2.05, 4.69) is 10.3 Å². The summed E-state index contributed by atoms with van der Waals surface area (Å²) in [6, 6.07) is 9.62. The Morgan fingerprint density at radius 3 is 2.77 bits per heavy atom. The van der Waals surface area contributed by atoms with Crippen LogP contribution in [0.2, 0.25) is 0 Å². The fraction of sp³-hybridized carbons (Fsp3) is 0.381. The van der Waals surface area contributed by atoms with E-state index in [4.69, 9.17) is 18.9 Å². The molecular formula is C21H24N2O7. The number of aromatic hydroxyl groups is 1. The summed E-state index contributed by atoms with van der Waals surface area (Å²) in [4.78, 5) is 29.1. The van der Waals surface area contributed by atoms with Gasteiger partial charge in [-0.25, -0.2) is 9.78 Å². The van der Waals surface area contributed by atoms with E-state index in [1.165, 1.54) is 19.4 Å². The lowest BCUT2D eigenvalue weighted by molar-refractivity contribution is -0.155. The number of pyridine rings is 1. The van der Waals surface area contributed by atoms with Crippen LogP contribution in [0, 0.1) is 0 Å². The van der Waals surface area contributed by atoms with Crippen molar-refractivity contribution in [2.75, 3.05) is 20.3 Å². The number of nitrogens with zero attached hydrogens (tertiary/aromatic N) is 1. The number of esters is 1. The number of aromatic nitrogens is 1. The van der Waals surface area contributed by atoms with Crippen LogP contribution in [0.3, 0.4) is 0 Å². The van der Waals surface area contributed by atoms with Gasteiger partial charge in [-0.3, -0.25) is 4.79 Å². The van der Waals surface area contributed by atoms with Crippen molar-refractivity contribution < 1.29 is 33.6 Å². The van der Waals surface area contributed by atoms with Crippen molar-refractivity contribution in [3.63, 3.8) is 0 Å². The first-order valence-electron chi connectivity index (χ1n) is 9.52. The average Bonchev–Trinajstić information content (AvgIpc) is 2.80. The van der Waals surface area contributed by atoms with Crippen molar-refractivity contribution >= 4 is 11.9 Å². The van der Waals surface area contributed by atoms with E-state index >= 15 is 0 Å². The maximum Gasteiger partial charge on any atom is 0.329 e. The Kier molecular flexibility index (Phi) is 7.08. The summed E-state index contributed by atoms with van der Waals surface area (Å²) in [6.45, 7) is 2.13. The first kappa shape index (κ1) is 21.4. The third-order valence-electron chi connectivity index (χ3n) is 4.60. The Hall–Kier alpha value is -3.33. The number of cyclic esters (lactones) is 1. The quantitative estimate of drug-likeness (QED) is 0.708. The van der Waals surface area contributed by atoms with E-state index in [1.807, 2.05) is 18.2 Å². The van der Waals surface area contributed by atoms with Crippen LogP contribution in [-0.4, -0.2) is 60.5 Å². The zero-order valence-corrected chi connectivity index (χ0v) is 16.7. The zero-order valence-electron chi connectivity index (χ0n) is 16.7. The second-order valence-corrected chi connectivity index (χ2v) is 6.71. The van der Waals surface area contributed by atoms with E-state index in [0.29, 0.717) is 5.75 Å². The van der Waals surface area contributed by atoms with Crippen molar-refractivity contribution in [2.45, 2.75) is 31.6 Å². The molecular weight excluding hydrogens is 392 g/mol. The number of hydrogen-bond donors (Lipinski definition) is 2. The lowest BCUT2D eigenvalue weighted by Crippen LogP contribution is -2.44. The minimum atomic E-state index is -0.970. The molecule has 0 saturated carbocycles. The third-order valence-corrected chi connectivity index (χ3v) is 4.60.